The summed E-state index contributed by atoms with van der Waals surface area (Å²) in [5.74, 6) is 2.62. The Morgan fingerprint density at radius 1 is 1.19 bits per heavy atom. The van der Waals surface area contributed by atoms with Gasteiger partial charge in [-0.1, -0.05) is 55.2 Å². The standard InChI is InChI=1S/C24H28N4O2S/c1-17-8-6-9-18(14-17)16-30-22-20(12-7-13-21(22)29-2)15-25-28-23(26-27-24(28)31)19-10-4-3-5-11-19/h6-9,12-15,19H,3-5,10-11,16H2,1-2H3,(H,27,31)/b25-15-. The van der Waals surface area contributed by atoms with Crippen molar-refractivity contribution in [2.24, 2.45) is 5.10 Å². The van der Waals surface area contributed by atoms with Crippen LogP contribution < -0.4 is 9.47 Å². The van der Waals surface area contributed by atoms with Crippen molar-refractivity contribution in [2.75, 3.05) is 7.11 Å². The maximum Gasteiger partial charge on any atom is 0.216 e. The van der Waals surface area contributed by atoms with Crippen LogP contribution in [0, 0.1) is 11.7 Å². The molecule has 1 fully saturated rings. The molecule has 0 spiro atoms. The van der Waals surface area contributed by atoms with Crippen molar-refractivity contribution in [2.45, 2.75) is 51.6 Å². The van der Waals surface area contributed by atoms with E-state index in [2.05, 4.69) is 40.4 Å². The first-order valence-electron chi connectivity index (χ1n) is 10.7. The molecule has 1 aliphatic carbocycles. The van der Waals surface area contributed by atoms with E-state index < -0.39 is 0 Å². The largest absolute Gasteiger partial charge is 0.493 e. The summed E-state index contributed by atoms with van der Waals surface area (Å²) in [5.41, 5.74) is 3.13. The molecule has 1 aromatic heterocycles. The van der Waals surface area contributed by atoms with Crippen molar-refractivity contribution in [3.8, 4) is 11.5 Å². The predicted octanol–water partition coefficient (Wildman–Crippen LogP) is 5.77. The van der Waals surface area contributed by atoms with Gasteiger partial charge in [0.1, 0.15) is 6.61 Å². The molecule has 162 valence electrons. The number of methoxy groups -OCH3 is 1. The molecule has 0 unspecified atom stereocenters. The number of ether oxygens (including phenoxy) is 2. The van der Waals surface area contributed by atoms with Crippen molar-refractivity contribution in [3.63, 3.8) is 0 Å². The highest BCUT2D eigenvalue weighted by molar-refractivity contribution is 7.71. The van der Waals surface area contributed by atoms with E-state index >= 15 is 0 Å². The van der Waals surface area contributed by atoms with Crippen molar-refractivity contribution in [1.29, 1.82) is 0 Å². The fourth-order valence-corrected chi connectivity index (χ4v) is 4.25. The Kier molecular flexibility index (Phi) is 6.82. The Balaban J connectivity index is 1.61. The second-order valence-corrected chi connectivity index (χ2v) is 8.32. The number of hydrogen-bond donors (Lipinski definition) is 1. The summed E-state index contributed by atoms with van der Waals surface area (Å²) in [5, 5.41) is 12.0. The predicted molar refractivity (Wildman–Crippen MR) is 125 cm³/mol. The van der Waals surface area contributed by atoms with E-state index in [1.165, 1.54) is 24.8 Å². The zero-order chi connectivity index (χ0) is 21.6. The summed E-state index contributed by atoms with van der Waals surface area (Å²) in [6.07, 6.45) is 7.75. The summed E-state index contributed by atoms with van der Waals surface area (Å²) in [6, 6.07) is 14.1. The highest BCUT2D eigenvalue weighted by Crippen LogP contribution is 2.33. The fourth-order valence-electron chi connectivity index (χ4n) is 4.07. The Morgan fingerprint density at radius 3 is 2.77 bits per heavy atom. The highest BCUT2D eigenvalue weighted by atomic mass is 32.1. The molecule has 3 aromatic rings. The molecule has 1 N–H and O–H groups in total. The van der Waals surface area contributed by atoms with E-state index in [9.17, 15) is 0 Å². The first-order chi connectivity index (χ1) is 15.2. The van der Waals surface area contributed by atoms with Gasteiger partial charge in [-0.25, -0.2) is 0 Å². The van der Waals surface area contributed by atoms with Crippen LogP contribution in [0.1, 0.15) is 60.5 Å². The number of nitrogens with one attached hydrogen (secondary N) is 1. The Morgan fingerprint density at radius 2 is 2.00 bits per heavy atom. The first-order valence-corrected chi connectivity index (χ1v) is 11.1. The summed E-state index contributed by atoms with van der Waals surface area (Å²) >= 11 is 5.44. The van der Waals surface area contributed by atoms with Gasteiger partial charge >= 0.3 is 0 Å². The minimum atomic E-state index is 0.390. The van der Waals surface area contributed by atoms with Gasteiger partial charge in [0.25, 0.3) is 0 Å². The van der Waals surface area contributed by atoms with Gasteiger partial charge in [0.15, 0.2) is 17.3 Å². The van der Waals surface area contributed by atoms with Crippen LogP contribution in [-0.2, 0) is 6.61 Å². The molecule has 0 saturated heterocycles. The van der Waals surface area contributed by atoms with Gasteiger partial charge in [-0.2, -0.15) is 14.9 Å². The highest BCUT2D eigenvalue weighted by Gasteiger charge is 2.21. The number of aryl methyl sites for hydroxylation is 1. The van der Waals surface area contributed by atoms with E-state index in [4.69, 9.17) is 21.7 Å². The van der Waals surface area contributed by atoms with E-state index in [0.29, 0.717) is 28.8 Å². The minimum absolute atomic E-state index is 0.390. The van der Waals surface area contributed by atoms with Gasteiger partial charge in [-0.15, -0.1) is 0 Å². The summed E-state index contributed by atoms with van der Waals surface area (Å²) < 4.78 is 14.0. The van der Waals surface area contributed by atoms with Crippen LogP contribution in [0.4, 0.5) is 0 Å². The van der Waals surface area contributed by atoms with Crippen LogP contribution in [0.15, 0.2) is 47.6 Å². The summed E-state index contributed by atoms with van der Waals surface area (Å²) in [4.78, 5) is 0. The number of rotatable bonds is 7. The number of hydrogen-bond acceptors (Lipinski definition) is 5. The number of para-hydroxylation sites is 1. The lowest BCUT2D eigenvalue weighted by atomic mass is 9.89. The number of H-pyrrole nitrogens is 1. The van der Waals surface area contributed by atoms with Crippen molar-refractivity contribution in [3.05, 3.63) is 69.8 Å². The SMILES string of the molecule is COc1cccc(/C=N\n2c(C3CCCCC3)n[nH]c2=S)c1OCc1cccc(C)c1. The van der Waals surface area contributed by atoms with Gasteiger partial charge in [0.05, 0.1) is 13.3 Å². The Hall–Kier alpha value is -2.93. The normalized spacial score (nSPS) is 14.8. The second-order valence-electron chi connectivity index (χ2n) is 7.93. The minimum Gasteiger partial charge on any atom is -0.493 e. The number of aromatic amines is 1. The molecule has 7 heteroatoms. The van der Waals surface area contributed by atoms with Crippen LogP contribution >= 0.6 is 12.2 Å². The van der Waals surface area contributed by atoms with Gasteiger partial charge in [-0.3, -0.25) is 5.10 Å². The third-order valence-corrected chi connectivity index (χ3v) is 5.92. The van der Waals surface area contributed by atoms with E-state index in [-0.39, 0.29) is 0 Å². The molecule has 1 saturated carbocycles. The lowest BCUT2D eigenvalue weighted by Crippen LogP contribution is -2.10. The average Bonchev–Trinajstić information content (AvgIpc) is 3.17. The van der Waals surface area contributed by atoms with Crippen LogP contribution in [0.3, 0.4) is 0 Å². The number of nitrogens with zero attached hydrogens (tertiary/aromatic N) is 3. The van der Waals surface area contributed by atoms with Gasteiger partial charge in [-0.05, 0) is 49.7 Å². The summed E-state index contributed by atoms with van der Waals surface area (Å²) in [7, 11) is 1.64. The molecule has 0 aliphatic heterocycles. The van der Waals surface area contributed by atoms with Gasteiger partial charge in [0.2, 0.25) is 4.77 Å². The van der Waals surface area contributed by atoms with E-state index in [0.717, 1.165) is 29.8 Å². The van der Waals surface area contributed by atoms with Crippen molar-refractivity contribution in [1.82, 2.24) is 14.9 Å². The third-order valence-electron chi connectivity index (χ3n) is 5.65. The van der Waals surface area contributed by atoms with Crippen molar-refractivity contribution < 1.29 is 9.47 Å². The second kappa shape index (κ2) is 9.92. The molecule has 2 aromatic carbocycles. The molecule has 31 heavy (non-hydrogen) atoms. The maximum absolute atomic E-state index is 6.17. The topological polar surface area (TPSA) is 64.4 Å². The molecule has 0 radical (unpaired) electrons. The molecule has 0 atom stereocenters. The van der Waals surface area contributed by atoms with Crippen LogP contribution in [0.5, 0.6) is 11.5 Å². The molecular weight excluding hydrogens is 408 g/mol. The average molecular weight is 437 g/mol. The Labute approximate surface area is 187 Å². The quantitative estimate of drug-likeness (QED) is 0.377. The molecule has 0 amide bonds. The molecule has 6 nitrogen and oxygen atoms in total. The molecular formula is C24H28N4O2S. The number of benzene rings is 2. The summed E-state index contributed by atoms with van der Waals surface area (Å²) in [6.45, 7) is 2.52. The Bertz CT molecular complexity index is 1110. The van der Waals surface area contributed by atoms with E-state index in [1.807, 2.05) is 24.3 Å². The monoisotopic (exact) mass is 436 g/mol. The zero-order valence-corrected chi connectivity index (χ0v) is 18.8. The zero-order valence-electron chi connectivity index (χ0n) is 18.0. The number of aromatic nitrogens is 3. The molecule has 1 aliphatic rings. The molecule has 1 heterocycles. The van der Waals surface area contributed by atoms with Gasteiger partial charge in [0, 0.05) is 11.5 Å². The van der Waals surface area contributed by atoms with Crippen LogP contribution in [0.2, 0.25) is 0 Å². The lowest BCUT2D eigenvalue weighted by Gasteiger charge is -2.20. The van der Waals surface area contributed by atoms with Crippen molar-refractivity contribution >= 4 is 18.4 Å². The third kappa shape index (κ3) is 5.05. The van der Waals surface area contributed by atoms with Crippen LogP contribution in [0.25, 0.3) is 0 Å². The molecule has 4 rings (SSSR count). The fraction of sp³-hybridized carbons (Fsp3) is 0.375. The smallest absolute Gasteiger partial charge is 0.216 e. The lowest BCUT2D eigenvalue weighted by molar-refractivity contribution is 0.284. The first kappa shape index (κ1) is 21.3. The van der Waals surface area contributed by atoms with Crippen LogP contribution in [-0.4, -0.2) is 28.2 Å². The maximum atomic E-state index is 6.17. The van der Waals surface area contributed by atoms with Gasteiger partial charge < -0.3 is 9.47 Å². The van der Waals surface area contributed by atoms with E-state index in [1.54, 1.807) is 18.0 Å². The molecule has 0 bridgehead atoms.